The molecule has 106 valence electrons. The molecule has 0 saturated heterocycles. The maximum Gasteiger partial charge on any atom is 0.372 e. The first-order valence-corrected chi connectivity index (χ1v) is 6.60. The molecule has 0 aromatic heterocycles. The van der Waals surface area contributed by atoms with Gasteiger partial charge in [-0.1, -0.05) is 56.2 Å². The number of carbonyl (C=O) groups excluding carboxylic acids is 2. The minimum absolute atomic E-state index is 0.277. The molecule has 0 fully saturated rings. The van der Waals surface area contributed by atoms with E-state index in [0.29, 0.717) is 6.42 Å². The SMILES string of the molecule is CCCCC(C(=O)/C=C/c1ccccc1)C(=O)C(=O)O. The summed E-state index contributed by atoms with van der Waals surface area (Å²) in [6.45, 7) is 1.92. The number of Topliss-reactive ketones (excluding diaryl/α,β-unsaturated/α-hetero) is 1. The topological polar surface area (TPSA) is 71.4 Å². The van der Waals surface area contributed by atoms with Crippen molar-refractivity contribution in [3.8, 4) is 0 Å². The predicted octanol–water partition coefficient (Wildman–Crippen LogP) is 2.73. The Morgan fingerprint density at radius 2 is 1.85 bits per heavy atom. The number of unbranched alkanes of at least 4 members (excludes halogenated alkanes) is 1. The van der Waals surface area contributed by atoms with Crippen molar-refractivity contribution in [2.75, 3.05) is 0 Å². The van der Waals surface area contributed by atoms with Gasteiger partial charge in [0.1, 0.15) is 0 Å². The van der Waals surface area contributed by atoms with Crippen LogP contribution in [-0.4, -0.2) is 22.6 Å². The van der Waals surface area contributed by atoms with Gasteiger partial charge in [0, 0.05) is 0 Å². The number of aliphatic carboxylic acids is 1. The van der Waals surface area contributed by atoms with Gasteiger partial charge in [-0.05, 0) is 18.1 Å². The number of rotatable bonds is 8. The quantitative estimate of drug-likeness (QED) is 0.449. The molecule has 20 heavy (non-hydrogen) atoms. The Labute approximate surface area is 118 Å². The average Bonchev–Trinajstić information content (AvgIpc) is 2.46. The molecule has 1 aromatic carbocycles. The van der Waals surface area contributed by atoms with Crippen molar-refractivity contribution in [1.82, 2.24) is 0 Å². The van der Waals surface area contributed by atoms with E-state index in [1.807, 2.05) is 37.3 Å². The highest BCUT2D eigenvalue weighted by Gasteiger charge is 2.29. The van der Waals surface area contributed by atoms with E-state index in [2.05, 4.69) is 0 Å². The molecule has 0 aliphatic rings. The Hall–Kier alpha value is -2.23. The zero-order valence-corrected chi connectivity index (χ0v) is 11.4. The van der Waals surface area contributed by atoms with Gasteiger partial charge >= 0.3 is 5.97 Å². The van der Waals surface area contributed by atoms with E-state index < -0.39 is 23.5 Å². The summed E-state index contributed by atoms with van der Waals surface area (Å²) in [6.07, 6.45) is 4.61. The molecule has 1 atom stereocenters. The highest BCUT2D eigenvalue weighted by molar-refractivity contribution is 6.38. The largest absolute Gasteiger partial charge is 0.475 e. The summed E-state index contributed by atoms with van der Waals surface area (Å²) in [7, 11) is 0. The summed E-state index contributed by atoms with van der Waals surface area (Å²) in [4.78, 5) is 34.3. The lowest BCUT2D eigenvalue weighted by molar-refractivity contribution is -0.152. The molecule has 0 aliphatic heterocycles. The number of hydrogen-bond donors (Lipinski definition) is 1. The first kappa shape index (κ1) is 15.8. The van der Waals surface area contributed by atoms with Gasteiger partial charge in [-0.15, -0.1) is 0 Å². The molecule has 0 spiro atoms. The Morgan fingerprint density at radius 1 is 1.20 bits per heavy atom. The van der Waals surface area contributed by atoms with Crippen molar-refractivity contribution in [2.45, 2.75) is 26.2 Å². The molecule has 0 radical (unpaired) electrons. The molecule has 0 aliphatic carbocycles. The fraction of sp³-hybridized carbons (Fsp3) is 0.312. The molecule has 0 heterocycles. The van der Waals surface area contributed by atoms with Crippen LogP contribution in [-0.2, 0) is 14.4 Å². The van der Waals surface area contributed by atoms with Crippen LogP contribution in [0.15, 0.2) is 36.4 Å². The van der Waals surface area contributed by atoms with E-state index in [9.17, 15) is 14.4 Å². The van der Waals surface area contributed by atoms with Crippen molar-refractivity contribution < 1.29 is 19.5 Å². The first-order chi connectivity index (χ1) is 9.56. The first-order valence-electron chi connectivity index (χ1n) is 6.60. The van der Waals surface area contributed by atoms with Crippen LogP contribution in [0.5, 0.6) is 0 Å². The Bertz CT molecular complexity index is 502. The Morgan fingerprint density at radius 3 is 2.40 bits per heavy atom. The summed E-state index contributed by atoms with van der Waals surface area (Å²) < 4.78 is 0. The average molecular weight is 274 g/mol. The summed E-state index contributed by atoms with van der Waals surface area (Å²) in [5.74, 6) is -4.10. The highest BCUT2D eigenvalue weighted by Crippen LogP contribution is 2.13. The van der Waals surface area contributed by atoms with Gasteiger partial charge in [-0.25, -0.2) is 4.79 Å². The van der Waals surface area contributed by atoms with Crippen LogP contribution in [0.4, 0.5) is 0 Å². The summed E-state index contributed by atoms with van der Waals surface area (Å²) >= 11 is 0. The third-order valence-corrected chi connectivity index (χ3v) is 2.96. The lowest BCUT2D eigenvalue weighted by Gasteiger charge is -2.09. The van der Waals surface area contributed by atoms with E-state index in [1.54, 1.807) is 6.08 Å². The van der Waals surface area contributed by atoms with E-state index in [0.717, 1.165) is 12.0 Å². The second kappa shape index (κ2) is 8.04. The van der Waals surface area contributed by atoms with Crippen LogP contribution in [0, 0.1) is 5.92 Å². The van der Waals surface area contributed by atoms with Crippen LogP contribution < -0.4 is 0 Å². The molecule has 0 saturated carbocycles. The lowest BCUT2D eigenvalue weighted by atomic mass is 9.92. The molecule has 4 heteroatoms. The fourth-order valence-corrected chi connectivity index (χ4v) is 1.82. The number of ketones is 2. The Kier molecular flexibility index (Phi) is 6.37. The van der Waals surface area contributed by atoms with Crippen molar-refractivity contribution in [3.05, 3.63) is 42.0 Å². The Balaban J connectivity index is 2.80. The molecular weight excluding hydrogens is 256 g/mol. The number of carbonyl (C=O) groups is 3. The molecular formula is C16H18O4. The van der Waals surface area contributed by atoms with Crippen molar-refractivity contribution in [1.29, 1.82) is 0 Å². The number of carboxylic acids is 1. The molecule has 0 amide bonds. The zero-order chi connectivity index (χ0) is 15.0. The number of carboxylic acid groups (broad SMARTS) is 1. The molecule has 1 aromatic rings. The van der Waals surface area contributed by atoms with Crippen LogP contribution in [0.3, 0.4) is 0 Å². The van der Waals surface area contributed by atoms with Crippen LogP contribution in [0.2, 0.25) is 0 Å². The molecule has 1 N–H and O–H groups in total. The van der Waals surface area contributed by atoms with Gasteiger partial charge in [-0.3, -0.25) is 9.59 Å². The standard InChI is InChI=1S/C16H18O4/c1-2-3-9-13(15(18)16(19)20)14(17)11-10-12-7-5-4-6-8-12/h4-8,10-11,13H,2-3,9H2,1H3,(H,19,20)/b11-10+. The van der Waals surface area contributed by atoms with Gasteiger partial charge in [0.25, 0.3) is 5.78 Å². The van der Waals surface area contributed by atoms with Gasteiger partial charge < -0.3 is 5.11 Å². The van der Waals surface area contributed by atoms with Crippen molar-refractivity contribution in [3.63, 3.8) is 0 Å². The highest BCUT2D eigenvalue weighted by atomic mass is 16.4. The monoisotopic (exact) mass is 274 g/mol. The fourth-order valence-electron chi connectivity index (χ4n) is 1.82. The van der Waals surface area contributed by atoms with E-state index in [4.69, 9.17) is 5.11 Å². The third-order valence-electron chi connectivity index (χ3n) is 2.96. The van der Waals surface area contributed by atoms with Gasteiger partial charge in [0.05, 0.1) is 5.92 Å². The number of allylic oxidation sites excluding steroid dienone is 1. The summed E-state index contributed by atoms with van der Waals surface area (Å²) in [6, 6.07) is 9.17. The van der Waals surface area contributed by atoms with Gasteiger partial charge in [0.2, 0.25) is 0 Å². The van der Waals surface area contributed by atoms with Crippen LogP contribution in [0.25, 0.3) is 6.08 Å². The molecule has 1 rings (SSSR count). The predicted molar refractivity (Wildman–Crippen MR) is 76.1 cm³/mol. The maximum absolute atomic E-state index is 12.0. The second-order valence-electron chi connectivity index (χ2n) is 4.51. The third kappa shape index (κ3) is 4.80. The zero-order valence-electron chi connectivity index (χ0n) is 11.4. The van der Waals surface area contributed by atoms with E-state index in [-0.39, 0.29) is 6.42 Å². The second-order valence-corrected chi connectivity index (χ2v) is 4.51. The lowest BCUT2D eigenvalue weighted by Crippen LogP contribution is -2.29. The molecule has 4 nitrogen and oxygen atoms in total. The number of benzene rings is 1. The van der Waals surface area contributed by atoms with Crippen molar-refractivity contribution >= 4 is 23.6 Å². The minimum atomic E-state index is -1.55. The molecule has 1 unspecified atom stereocenters. The number of hydrogen-bond acceptors (Lipinski definition) is 3. The summed E-state index contributed by atoms with van der Waals surface area (Å²) in [5, 5.41) is 8.76. The van der Waals surface area contributed by atoms with E-state index >= 15 is 0 Å². The van der Waals surface area contributed by atoms with E-state index in [1.165, 1.54) is 6.08 Å². The van der Waals surface area contributed by atoms with Crippen LogP contribution in [0.1, 0.15) is 31.7 Å². The summed E-state index contributed by atoms with van der Waals surface area (Å²) in [5.41, 5.74) is 0.831. The minimum Gasteiger partial charge on any atom is -0.475 e. The van der Waals surface area contributed by atoms with Crippen LogP contribution >= 0.6 is 0 Å². The van der Waals surface area contributed by atoms with Crippen molar-refractivity contribution in [2.24, 2.45) is 5.92 Å². The van der Waals surface area contributed by atoms with Gasteiger partial charge in [0.15, 0.2) is 5.78 Å². The molecule has 0 bridgehead atoms. The maximum atomic E-state index is 12.0. The van der Waals surface area contributed by atoms with Gasteiger partial charge in [-0.2, -0.15) is 0 Å². The smallest absolute Gasteiger partial charge is 0.372 e. The normalized spacial score (nSPS) is 12.2.